The summed E-state index contributed by atoms with van der Waals surface area (Å²) in [6.07, 6.45) is 22.9. The summed E-state index contributed by atoms with van der Waals surface area (Å²) in [4.78, 5) is 13.4. The Hall–Kier alpha value is -1.35. The largest absolute Gasteiger partial charge is 0.480 e. The molecule has 3 nitrogen and oxygen atoms in total. The number of carboxylic acids is 1. The number of hydrogen-bond acceptors (Lipinski definition) is 2. The molecule has 0 aromatic carbocycles. The van der Waals surface area contributed by atoms with Crippen molar-refractivity contribution in [3.05, 3.63) is 36.5 Å². The van der Waals surface area contributed by atoms with Crippen molar-refractivity contribution in [1.82, 2.24) is 4.90 Å². The highest BCUT2D eigenvalue weighted by atomic mass is 16.4. The average Bonchev–Trinajstić information content (AvgIpc) is 2.61. The fraction of sp³-hybridized carbons (Fsp3) is 0.682. The maximum atomic E-state index is 11.4. The van der Waals surface area contributed by atoms with E-state index in [-0.39, 0.29) is 6.04 Å². The molecule has 0 aliphatic carbocycles. The SMILES string of the molecule is CC/C=C\C/C=C\C/C=C\CCCCCCC(C(=O)O)N(CC)CC. The molecule has 0 heterocycles. The summed E-state index contributed by atoms with van der Waals surface area (Å²) in [5.74, 6) is -0.676. The first-order chi connectivity index (χ1) is 12.2. The molecule has 0 aromatic heterocycles. The van der Waals surface area contributed by atoms with Crippen LogP contribution >= 0.6 is 0 Å². The number of unbranched alkanes of at least 4 members (excludes halogenated alkanes) is 4. The van der Waals surface area contributed by atoms with E-state index in [9.17, 15) is 9.90 Å². The Morgan fingerprint density at radius 2 is 1.40 bits per heavy atom. The summed E-state index contributed by atoms with van der Waals surface area (Å²) < 4.78 is 0. The van der Waals surface area contributed by atoms with Crippen LogP contribution < -0.4 is 0 Å². The quantitative estimate of drug-likeness (QED) is 0.275. The number of carbonyl (C=O) groups is 1. The van der Waals surface area contributed by atoms with Crippen molar-refractivity contribution in [2.75, 3.05) is 13.1 Å². The second-order valence-corrected chi connectivity index (χ2v) is 6.36. The van der Waals surface area contributed by atoms with Gasteiger partial charge in [-0.1, -0.05) is 76.5 Å². The van der Waals surface area contributed by atoms with Crippen LogP contribution in [0.1, 0.15) is 78.6 Å². The minimum absolute atomic E-state index is 0.311. The van der Waals surface area contributed by atoms with Crippen LogP contribution in [0, 0.1) is 0 Å². The van der Waals surface area contributed by atoms with Crippen molar-refractivity contribution in [1.29, 1.82) is 0 Å². The summed E-state index contributed by atoms with van der Waals surface area (Å²) in [7, 11) is 0. The number of allylic oxidation sites excluding steroid dienone is 6. The van der Waals surface area contributed by atoms with E-state index in [0.717, 1.165) is 58.0 Å². The van der Waals surface area contributed by atoms with Gasteiger partial charge in [-0.2, -0.15) is 0 Å². The fourth-order valence-electron chi connectivity index (χ4n) is 2.91. The number of aliphatic carboxylic acids is 1. The zero-order chi connectivity index (χ0) is 18.8. The molecule has 0 spiro atoms. The van der Waals surface area contributed by atoms with Crippen molar-refractivity contribution in [3.8, 4) is 0 Å². The van der Waals surface area contributed by atoms with Gasteiger partial charge in [0, 0.05) is 0 Å². The Morgan fingerprint density at radius 1 is 0.840 bits per heavy atom. The van der Waals surface area contributed by atoms with Crippen LogP contribution in [-0.4, -0.2) is 35.1 Å². The Kier molecular flexibility index (Phi) is 16.5. The van der Waals surface area contributed by atoms with E-state index in [1.807, 2.05) is 18.7 Å². The molecule has 0 saturated carbocycles. The lowest BCUT2D eigenvalue weighted by Crippen LogP contribution is -2.40. The highest BCUT2D eigenvalue weighted by molar-refractivity contribution is 5.73. The normalized spacial score (nSPS) is 13.6. The number of rotatable bonds is 16. The first kappa shape index (κ1) is 23.6. The molecule has 1 unspecified atom stereocenters. The van der Waals surface area contributed by atoms with Gasteiger partial charge < -0.3 is 5.11 Å². The van der Waals surface area contributed by atoms with Gasteiger partial charge in [-0.25, -0.2) is 0 Å². The highest BCUT2D eigenvalue weighted by Crippen LogP contribution is 2.12. The molecule has 0 bridgehead atoms. The molecule has 3 heteroatoms. The molecule has 25 heavy (non-hydrogen) atoms. The molecule has 0 saturated heterocycles. The van der Waals surface area contributed by atoms with Crippen molar-refractivity contribution in [3.63, 3.8) is 0 Å². The third-order valence-corrected chi connectivity index (χ3v) is 4.42. The minimum Gasteiger partial charge on any atom is -0.480 e. The summed E-state index contributed by atoms with van der Waals surface area (Å²) in [6, 6.07) is -0.311. The van der Waals surface area contributed by atoms with Gasteiger partial charge >= 0.3 is 5.97 Å². The number of nitrogens with zero attached hydrogens (tertiary/aromatic N) is 1. The van der Waals surface area contributed by atoms with E-state index >= 15 is 0 Å². The van der Waals surface area contributed by atoms with Crippen LogP contribution in [0.2, 0.25) is 0 Å². The molecule has 0 amide bonds. The van der Waals surface area contributed by atoms with E-state index in [1.165, 1.54) is 12.8 Å². The Labute approximate surface area is 155 Å². The predicted octanol–water partition coefficient (Wildman–Crippen LogP) is 5.98. The minimum atomic E-state index is -0.676. The molecule has 0 aliphatic heterocycles. The fourth-order valence-corrected chi connectivity index (χ4v) is 2.91. The molecule has 1 atom stereocenters. The zero-order valence-electron chi connectivity index (χ0n) is 16.6. The Bertz CT molecular complexity index is 395. The molecule has 1 N–H and O–H groups in total. The standard InChI is InChI=1S/C22H39NO2/c1-4-7-8-9-10-11-12-13-14-15-16-17-18-19-20-21(22(24)25)23(5-2)6-3/h7-8,10-11,13-14,21H,4-6,9,12,15-20H2,1-3H3,(H,24,25)/b8-7-,11-10-,14-13-. The lowest BCUT2D eigenvalue weighted by molar-refractivity contribution is -0.143. The van der Waals surface area contributed by atoms with Gasteiger partial charge in [0.2, 0.25) is 0 Å². The summed E-state index contributed by atoms with van der Waals surface area (Å²) >= 11 is 0. The van der Waals surface area contributed by atoms with Gasteiger partial charge in [-0.05, 0) is 51.6 Å². The third kappa shape index (κ3) is 13.6. The van der Waals surface area contributed by atoms with Crippen LogP contribution in [0.3, 0.4) is 0 Å². The van der Waals surface area contributed by atoms with E-state index < -0.39 is 5.97 Å². The lowest BCUT2D eigenvalue weighted by Gasteiger charge is -2.26. The molecular formula is C22H39NO2. The van der Waals surface area contributed by atoms with E-state index in [1.54, 1.807) is 0 Å². The number of carboxylic acid groups (broad SMARTS) is 1. The monoisotopic (exact) mass is 349 g/mol. The average molecular weight is 350 g/mol. The van der Waals surface area contributed by atoms with Gasteiger partial charge in [0.25, 0.3) is 0 Å². The molecule has 144 valence electrons. The lowest BCUT2D eigenvalue weighted by atomic mass is 10.0. The van der Waals surface area contributed by atoms with Crippen molar-refractivity contribution < 1.29 is 9.90 Å². The van der Waals surface area contributed by atoms with Gasteiger partial charge in [-0.3, -0.25) is 9.69 Å². The summed E-state index contributed by atoms with van der Waals surface area (Å²) in [6.45, 7) is 7.83. The van der Waals surface area contributed by atoms with Crippen LogP contribution in [0.25, 0.3) is 0 Å². The molecule has 0 rings (SSSR count). The van der Waals surface area contributed by atoms with Crippen LogP contribution in [0.15, 0.2) is 36.5 Å². The van der Waals surface area contributed by atoms with E-state index in [2.05, 4.69) is 43.4 Å². The van der Waals surface area contributed by atoms with E-state index in [0.29, 0.717) is 0 Å². The van der Waals surface area contributed by atoms with Crippen LogP contribution in [-0.2, 0) is 4.79 Å². The van der Waals surface area contributed by atoms with Gasteiger partial charge in [0.05, 0.1) is 0 Å². The van der Waals surface area contributed by atoms with Gasteiger partial charge in [0.1, 0.15) is 6.04 Å². The second-order valence-electron chi connectivity index (χ2n) is 6.36. The summed E-state index contributed by atoms with van der Waals surface area (Å²) in [5, 5.41) is 9.35. The van der Waals surface area contributed by atoms with Crippen LogP contribution in [0.5, 0.6) is 0 Å². The highest BCUT2D eigenvalue weighted by Gasteiger charge is 2.22. The number of hydrogen-bond donors (Lipinski definition) is 1. The number of likely N-dealkylation sites (N-methyl/N-ethyl adjacent to an activating group) is 1. The first-order valence-corrected chi connectivity index (χ1v) is 10.1. The second kappa shape index (κ2) is 17.5. The van der Waals surface area contributed by atoms with Gasteiger partial charge in [0.15, 0.2) is 0 Å². The maximum absolute atomic E-state index is 11.4. The van der Waals surface area contributed by atoms with Crippen molar-refractivity contribution in [2.45, 2.75) is 84.6 Å². The van der Waals surface area contributed by atoms with Crippen molar-refractivity contribution in [2.24, 2.45) is 0 Å². The zero-order valence-corrected chi connectivity index (χ0v) is 16.6. The first-order valence-electron chi connectivity index (χ1n) is 10.1. The Balaban J connectivity index is 3.67. The molecule has 0 aliphatic rings. The predicted molar refractivity (Wildman–Crippen MR) is 109 cm³/mol. The van der Waals surface area contributed by atoms with Crippen molar-refractivity contribution >= 4 is 5.97 Å². The molecule has 0 radical (unpaired) electrons. The third-order valence-electron chi connectivity index (χ3n) is 4.42. The van der Waals surface area contributed by atoms with E-state index in [4.69, 9.17) is 0 Å². The maximum Gasteiger partial charge on any atom is 0.320 e. The molecule has 0 fully saturated rings. The smallest absolute Gasteiger partial charge is 0.320 e. The molecular weight excluding hydrogens is 310 g/mol. The molecule has 0 aromatic rings. The van der Waals surface area contributed by atoms with Crippen LogP contribution in [0.4, 0.5) is 0 Å². The topological polar surface area (TPSA) is 40.5 Å². The summed E-state index contributed by atoms with van der Waals surface area (Å²) in [5.41, 5.74) is 0. The Morgan fingerprint density at radius 3 is 1.96 bits per heavy atom. The van der Waals surface area contributed by atoms with Gasteiger partial charge in [-0.15, -0.1) is 0 Å².